The van der Waals surface area contributed by atoms with Crippen LogP contribution in [0.4, 0.5) is 8.78 Å². The number of alkyl halides is 2. The number of nitrogens with two attached hydrogens (primary N) is 1. The second-order valence-corrected chi connectivity index (χ2v) is 2.22. The van der Waals surface area contributed by atoms with Crippen LogP contribution >= 0.6 is 0 Å². The lowest BCUT2D eigenvalue weighted by molar-refractivity contribution is 0.183. The maximum absolute atomic E-state index is 12.0. The highest BCUT2D eigenvalue weighted by molar-refractivity contribution is 5.27. The monoisotopic (exact) mass is 145 g/mol. The van der Waals surface area contributed by atoms with E-state index < -0.39 is 6.43 Å². The molecule has 10 heavy (non-hydrogen) atoms. The molecule has 0 aromatic rings. The molecule has 1 nitrogen and oxygen atoms in total. The van der Waals surface area contributed by atoms with Crippen LogP contribution in [-0.2, 0) is 0 Å². The number of halogens is 2. The predicted molar refractivity (Wildman–Crippen MR) is 35.6 cm³/mol. The van der Waals surface area contributed by atoms with Crippen molar-refractivity contribution in [2.24, 2.45) is 5.73 Å². The molecule has 0 unspecified atom stereocenters. The summed E-state index contributed by atoms with van der Waals surface area (Å²) in [5.74, 6) is 0. The average molecular weight is 145 g/mol. The molecular formula is C7H9F2N. The largest absolute Gasteiger partial charge is 0.399 e. The summed E-state index contributed by atoms with van der Waals surface area (Å²) in [6.07, 6.45) is 2.05. The van der Waals surface area contributed by atoms with E-state index >= 15 is 0 Å². The van der Waals surface area contributed by atoms with Gasteiger partial charge in [0.25, 0.3) is 6.43 Å². The molecule has 0 saturated heterocycles. The molecule has 2 N–H and O–H groups in total. The highest BCUT2D eigenvalue weighted by Gasteiger charge is 2.14. The molecule has 0 atom stereocenters. The first-order valence-corrected chi connectivity index (χ1v) is 3.15. The van der Waals surface area contributed by atoms with Crippen LogP contribution in [0.1, 0.15) is 12.8 Å². The average Bonchev–Trinajstić information content (AvgIpc) is 1.88. The lowest BCUT2D eigenvalue weighted by atomic mass is 10.0. The van der Waals surface area contributed by atoms with Gasteiger partial charge in [0.2, 0.25) is 0 Å². The second kappa shape index (κ2) is 2.82. The molecule has 0 aromatic carbocycles. The van der Waals surface area contributed by atoms with E-state index in [-0.39, 0.29) is 11.3 Å². The summed E-state index contributed by atoms with van der Waals surface area (Å²) in [7, 11) is 0. The van der Waals surface area contributed by atoms with Gasteiger partial charge in [0.05, 0.1) is 0 Å². The van der Waals surface area contributed by atoms with Gasteiger partial charge < -0.3 is 5.73 Å². The Labute approximate surface area is 58.2 Å². The zero-order valence-corrected chi connectivity index (χ0v) is 5.48. The summed E-state index contributed by atoms with van der Waals surface area (Å²) in [5.41, 5.74) is 5.62. The molecule has 1 rings (SSSR count). The summed E-state index contributed by atoms with van der Waals surface area (Å²) >= 11 is 0. The fourth-order valence-electron chi connectivity index (χ4n) is 0.936. The molecule has 0 aromatic heterocycles. The molecule has 0 heterocycles. The van der Waals surface area contributed by atoms with Gasteiger partial charge in [-0.15, -0.1) is 0 Å². The van der Waals surface area contributed by atoms with Gasteiger partial charge >= 0.3 is 0 Å². The first-order chi connectivity index (χ1) is 4.72. The van der Waals surface area contributed by atoms with Crippen molar-refractivity contribution in [3.8, 4) is 0 Å². The first-order valence-electron chi connectivity index (χ1n) is 3.15. The van der Waals surface area contributed by atoms with E-state index in [4.69, 9.17) is 5.73 Å². The highest BCUT2D eigenvalue weighted by atomic mass is 19.3. The molecule has 0 saturated carbocycles. The molecule has 1 aliphatic rings. The predicted octanol–water partition coefficient (Wildman–Crippen LogP) is 1.81. The van der Waals surface area contributed by atoms with Gasteiger partial charge in [-0.2, -0.15) is 0 Å². The topological polar surface area (TPSA) is 26.0 Å². The molecule has 0 bridgehead atoms. The van der Waals surface area contributed by atoms with Crippen molar-refractivity contribution in [1.82, 2.24) is 0 Å². The van der Waals surface area contributed by atoms with Crippen molar-refractivity contribution in [2.75, 3.05) is 0 Å². The third-order valence-corrected chi connectivity index (χ3v) is 1.51. The standard InChI is InChI=1S/C7H9F2N/c8-7(9)5-3-1-2-4-6(5)10/h2,4,7H,1,3,10H2. The summed E-state index contributed by atoms with van der Waals surface area (Å²) in [5, 5.41) is 0. The summed E-state index contributed by atoms with van der Waals surface area (Å²) in [6.45, 7) is 0. The van der Waals surface area contributed by atoms with Crippen LogP contribution in [0.3, 0.4) is 0 Å². The first kappa shape index (κ1) is 7.25. The van der Waals surface area contributed by atoms with Crippen molar-refractivity contribution in [1.29, 1.82) is 0 Å². The van der Waals surface area contributed by atoms with Gasteiger partial charge in [-0.05, 0) is 18.9 Å². The smallest absolute Gasteiger partial charge is 0.262 e. The zero-order chi connectivity index (χ0) is 7.56. The van der Waals surface area contributed by atoms with Crippen molar-refractivity contribution in [3.63, 3.8) is 0 Å². The maximum Gasteiger partial charge on any atom is 0.262 e. The number of hydrogen-bond acceptors (Lipinski definition) is 1. The summed E-state index contributed by atoms with van der Waals surface area (Å²) in [6, 6.07) is 0. The molecule has 0 amide bonds. The zero-order valence-electron chi connectivity index (χ0n) is 5.48. The Kier molecular flexibility index (Phi) is 2.04. The molecule has 0 aliphatic heterocycles. The molecular weight excluding hydrogens is 136 g/mol. The fraction of sp³-hybridized carbons (Fsp3) is 0.429. The third-order valence-electron chi connectivity index (χ3n) is 1.51. The quantitative estimate of drug-likeness (QED) is 0.598. The molecule has 0 radical (unpaired) electrons. The van der Waals surface area contributed by atoms with Crippen molar-refractivity contribution in [3.05, 3.63) is 23.4 Å². The lowest BCUT2D eigenvalue weighted by Crippen LogP contribution is -2.09. The van der Waals surface area contributed by atoms with Crippen LogP contribution in [-0.4, -0.2) is 6.43 Å². The lowest BCUT2D eigenvalue weighted by Gasteiger charge is -2.10. The molecule has 3 heteroatoms. The van der Waals surface area contributed by atoms with Crippen LogP contribution in [0.2, 0.25) is 0 Å². The van der Waals surface area contributed by atoms with E-state index in [1.165, 1.54) is 0 Å². The molecule has 0 fully saturated rings. The Hall–Kier alpha value is -0.860. The van der Waals surface area contributed by atoms with E-state index in [1.54, 1.807) is 12.2 Å². The third kappa shape index (κ3) is 1.35. The summed E-state index contributed by atoms with van der Waals surface area (Å²) in [4.78, 5) is 0. The minimum absolute atomic E-state index is 0.0856. The Bertz CT molecular complexity index is 182. The van der Waals surface area contributed by atoms with E-state index in [0.29, 0.717) is 12.8 Å². The number of allylic oxidation sites excluding steroid dienone is 3. The minimum atomic E-state index is -2.38. The maximum atomic E-state index is 12.0. The van der Waals surface area contributed by atoms with Crippen LogP contribution in [0.5, 0.6) is 0 Å². The Morgan fingerprint density at radius 1 is 1.50 bits per heavy atom. The normalized spacial score (nSPS) is 18.7. The number of hydrogen-bond donors (Lipinski definition) is 1. The van der Waals surface area contributed by atoms with Gasteiger partial charge in [0, 0.05) is 11.3 Å². The van der Waals surface area contributed by atoms with Gasteiger partial charge in [0.1, 0.15) is 0 Å². The van der Waals surface area contributed by atoms with Gasteiger partial charge in [0.15, 0.2) is 0 Å². The van der Waals surface area contributed by atoms with E-state index in [1.807, 2.05) is 0 Å². The van der Waals surface area contributed by atoms with E-state index in [0.717, 1.165) is 0 Å². The highest BCUT2D eigenvalue weighted by Crippen LogP contribution is 2.21. The van der Waals surface area contributed by atoms with Gasteiger partial charge in [-0.25, -0.2) is 8.78 Å². The van der Waals surface area contributed by atoms with Gasteiger partial charge in [-0.1, -0.05) is 6.08 Å². The minimum Gasteiger partial charge on any atom is -0.399 e. The van der Waals surface area contributed by atoms with Crippen LogP contribution < -0.4 is 5.73 Å². The van der Waals surface area contributed by atoms with Crippen molar-refractivity contribution >= 4 is 0 Å². The molecule has 1 aliphatic carbocycles. The van der Waals surface area contributed by atoms with Crippen LogP contribution in [0.25, 0.3) is 0 Å². The van der Waals surface area contributed by atoms with E-state index in [2.05, 4.69) is 0 Å². The Balaban J connectivity index is 2.79. The van der Waals surface area contributed by atoms with Crippen molar-refractivity contribution in [2.45, 2.75) is 19.3 Å². The Morgan fingerprint density at radius 2 is 2.20 bits per heavy atom. The van der Waals surface area contributed by atoms with E-state index in [9.17, 15) is 8.78 Å². The molecule has 0 spiro atoms. The SMILES string of the molecule is NC1=C(C(F)F)CCC=C1. The Morgan fingerprint density at radius 3 is 2.60 bits per heavy atom. The molecule has 56 valence electrons. The second-order valence-electron chi connectivity index (χ2n) is 2.22. The van der Waals surface area contributed by atoms with Crippen molar-refractivity contribution < 1.29 is 8.78 Å². The van der Waals surface area contributed by atoms with Crippen LogP contribution in [0.15, 0.2) is 23.4 Å². The van der Waals surface area contributed by atoms with Gasteiger partial charge in [-0.3, -0.25) is 0 Å². The summed E-state index contributed by atoms with van der Waals surface area (Å²) < 4.78 is 24.0. The fourth-order valence-corrected chi connectivity index (χ4v) is 0.936. The number of rotatable bonds is 1. The van der Waals surface area contributed by atoms with Crippen LogP contribution in [0, 0.1) is 0 Å².